The van der Waals surface area contributed by atoms with E-state index in [1.165, 1.54) is 11.8 Å². The first-order chi connectivity index (χ1) is 21.6. The summed E-state index contributed by atoms with van der Waals surface area (Å²) < 4.78 is 24.3. The number of halogens is 2. The number of carbonyl (C=O) groups is 1. The number of carbonyl (C=O) groups excluding carboxylic acids is 1. The van der Waals surface area contributed by atoms with Gasteiger partial charge in [0, 0.05) is 36.2 Å². The van der Waals surface area contributed by atoms with Crippen molar-refractivity contribution in [2.75, 3.05) is 19.4 Å². The van der Waals surface area contributed by atoms with Gasteiger partial charge < -0.3 is 14.7 Å². The van der Waals surface area contributed by atoms with Gasteiger partial charge in [-0.3, -0.25) is 9.67 Å². The highest BCUT2D eigenvalue weighted by Crippen LogP contribution is 2.44. The lowest BCUT2D eigenvalue weighted by Gasteiger charge is -2.40. The highest BCUT2D eigenvalue weighted by molar-refractivity contribution is 7.98. The summed E-state index contributed by atoms with van der Waals surface area (Å²) in [6.07, 6.45) is 6.30. The van der Waals surface area contributed by atoms with Gasteiger partial charge in [0.05, 0.1) is 46.0 Å². The molecule has 45 heavy (non-hydrogen) atoms. The first-order valence-corrected chi connectivity index (χ1v) is 16.3. The maximum Gasteiger partial charge on any atom is 0.410 e. The molecule has 2 atom stereocenters. The van der Waals surface area contributed by atoms with Crippen LogP contribution in [0.15, 0.2) is 47.8 Å². The Hall–Kier alpha value is -3.98. The van der Waals surface area contributed by atoms with E-state index < -0.39 is 17.5 Å². The third-order valence-electron chi connectivity index (χ3n) is 8.13. The molecular formula is C33H32ClFN6O3S. The van der Waals surface area contributed by atoms with Crippen molar-refractivity contribution in [3.8, 4) is 11.3 Å². The van der Waals surface area contributed by atoms with Crippen LogP contribution in [0.5, 0.6) is 0 Å². The lowest BCUT2D eigenvalue weighted by Crippen LogP contribution is -2.48. The van der Waals surface area contributed by atoms with Gasteiger partial charge in [0.2, 0.25) is 0 Å². The van der Waals surface area contributed by atoms with E-state index in [0.717, 1.165) is 10.8 Å². The van der Waals surface area contributed by atoms with Crippen molar-refractivity contribution in [2.24, 2.45) is 0 Å². The predicted molar refractivity (Wildman–Crippen MR) is 175 cm³/mol. The number of benzene rings is 2. The molecule has 0 aliphatic carbocycles. The monoisotopic (exact) mass is 646 g/mol. The molecule has 3 aromatic heterocycles. The molecule has 0 saturated carbocycles. The van der Waals surface area contributed by atoms with Crippen LogP contribution in [0.3, 0.4) is 0 Å². The average molecular weight is 647 g/mol. The van der Waals surface area contributed by atoms with Crippen LogP contribution >= 0.6 is 23.4 Å². The van der Waals surface area contributed by atoms with Crippen molar-refractivity contribution in [1.82, 2.24) is 24.6 Å². The van der Waals surface area contributed by atoms with Crippen LogP contribution in [0.2, 0.25) is 5.02 Å². The van der Waals surface area contributed by atoms with Gasteiger partial charge in [0.15, 0.2) is 11.5 Å². The SMILES string of the molecule is [C-]#[N+]c1cccc2ccnc(-c3c(Cl)cc4c(nc(SC)c5cnn([C@H]6CCN(C(=O)OC(C)(C)C)[C@H](CCO)C6)c54)c3F)c12. The van der Waals surface area contributed by atoms with E-state index in [1.807, 2.05) is 37.8 Å². The number of hydrogen-bond donors (Lipinski definition) is 1. The van der Waals surface area contributed by atoms with Gasteiger partial charge >= 0.3 is 6.09 Å². The molecule has 0 radical (unpaired) electrons. The van der Waals surface area contributed by atoms with Gasteiger partial charge in [-0.25, -0.2) is 19.0 Å². The molecule has 0 bridgehead atoms. The minimum absolute atomic E-state index is 0.0823. The van der Waals surface area contributed by atoms with Crippen LogP contribution < -0.4 is 0 Å². The Kier molecular flexibility index (Phi) is 8.33. The van der Waals surface area contributed by atoms with Crippen LogP contribution in [0.1, 0.15) is 46.1 Å². The van der Waals surface area contributed by atoms with Crippen molar-refractivity contribution in [2.45, 2.75) is 62.7 Å². The summed E-state index contributed by atoms with van der Waals surface area (Å²) in [5.41, 5.74) is 0.910. The Morgan fingerprint density at radius 1 is 1.29 bits per heavy atom. The van der Waals surface area contributed by atoms with E-state index in [4.69, 9.17) is 33.0 Å². The number of aliphatic hydroxyl groups excluding tert-OH is 1. The van der Waals surface area contributed by atoms with E-state index in [0.29, 0.717) is 52.8 Å². The zero-order chi connectivity index (χ0) is 32.0. The second-order valence-corrected chi connectivity index (χ2v) is 13.3. The van der Waals surface area contributed by atoms with Crippen LogP contribution in [0, 0.1) is 12.4 Å². The normalized spacial score (nSPS) is 17.2. The fourth-order valence-electron chi connectivity index (χ4n) is 6.23. The summed E-state index contributed by atoms with van der Waals surface area (Å²) in [4.78, 5) is 27.6. The number of amides is 1. The Bertz CT molecular complexity index is 2000. The molecule has 1 amide bonds. The number of likely N-dealkylation sites (tertiary alicyclic amines) is 1. The summed E-state index contributed by atoms with van der Waals surface area (Å²) in [6, 6.07) is 8.40. The summed E-state index contributed by atoms with van der Waals surface area (Å²) in [5.74, 6) is -0.625. The smallest absolute Gasteiger partial charge is 0.410 e. The number of nitrogens with zero attached hydrogens (tertiary/aromatic N) is 6. The number of thioether (sulfide) groups is 1. The summed E-state index contributed by atoms with van der Waals surface area (Å²) in [5, 5.41) is 17.9. The second kappa shape index (κ2) is 12.1. The number of hydrogen-bond acceptors (Lipinski definition) is 7. The van der Waals surface area contributed by atoms with Gasteiger partial charge in [-0.05, 0) is 63.8 Å². The molecule has 9 nitrogen and oxygen atoms in total. The number of fused-ring (bicyclic) bond motifs is 4. The number of rotatable bonds is 5. The van der Waals surface area contributed by atoms with E-state index in [1.54, 1.807) is 41.6 Å². The topological polar surface area (TPSA) is 97.7 Å². The van der Waals surface area contributed by atoms with Gasteiger partial charge in [-0.2, -0.15) is 5.10 Å². The molecule has 2 aromatic carbocycles. The molecule has 4 heterocycles. The van der Waals surface area contributed by atoms with Gasteiger partial charge in [0.25, 0.3) is 0 Å². The van der Waals surface area contributed by atoms with Crippen LogP contribution in [0.4, 0.5) is 14.9 Å². The van der Waals surface area contributed by atoms with E-state index in [9.17, 15) is 9.90 Å². The first-order valence-electron chi connectivity index (χ1n) is 14.6. The average Bonchev–Trinajstić information content (AvgIpc) is 3.45. The lowest BCUT2D eigenvalue weighted by atomic mass is 9.95. The maximum absolute atomic E-state index is 16.8. The number of piperidine rings is 1. The molecule has 0 unspecified atom stereocenters. The van der Waals surface area contributed by atoms with Crippen LogP contribution in [0.25, 0.3) is 48.7 Å². The predicted octanol–water partition coefficient (Wildman–Crippen LogP) is 8.19. The van der Waals surface area contributed by atoms with E-state index in [-0.39, 0.29) is 40.5 Å². The van der Waals surface area contributed by atoms with Crippen molar-refractivity contribution in [1.29, 1.82) is 0 Å². The van der Waals surface area contributed by atoms with Gasteiger partial charge in [0.1, 0.15) is 16.1 Å². The zero-order valence-electron chi connectivity index (χ0n) is 25.3. The maximum atomic E-state index is 16.8. The minimum Gasteiger partial charge on any atom is -0.444 e. The number of pyridine rings is 2. The molecule has 12 heteroatoms. The van der Waals surface area contributed by atoms with Crippen molar-refractivity contribution >= 4 is 67.7 Å². The molecule has 1 aliphatic rings. The van der Waals surface area contributed by atoms with Crippen LogP contribution in [-0.4, -0.2) is 66.9 Å². The number of aromatic nitrogens is 4. The Balaban J connectivity index is 1.50. The van der Waals surface area contributed by atoms with Crippen LogP contribution in [-0.2, 0) is 4.74 Å². The molecule has 0 spiro atoms. The van der Waals surface area contributed by atoms with Crippen molar-refractivity contribution in [3.05, 3.63) is 65.0 Å². The van der Waals surface area contributed by atoms with E-state index >= 15 is 4.39 Å². The molecule has 6 rings (SSSR count). The number of aliphatic hydroxyl groups is 1. The first kappa shape index (κ1) is 31.0. The van der Waals surface area contributed by atoms with Gasteiger partial charge in [-0.15, -0.1) is 11.8 Å². The Labute approximate surface area is 269 Å². The summed E-state index contributed by atoms with van der Waals surface area (Å²) >= 11 is 8.28. The fourth-order valence-corrected chi connectivity index (χ4v) is 7.06. The summed E-state index contributed by atoms with van der Waals surface area (Å²) in [6.45, 7) is 13.5. The standard InChI is InChI=1S/C33H32ClFN6O3S/c1-33(2,3)44-32(43)40-13-10-20(15-19(40)11-14-42)41-30-21-16-23(34)26(27(35)28(21)39-31(45-5)22(30)17-38-41)29-25-18(9-12-37-29)7-6-8-24(25)36-4/h6-9,12,16-17,19-20,42H,10-11,13-15H2,1-3,5H3/t19-,20+/m1/s1. The lowest BCUT2D eigenvalue weighted by molar-refractivity contribution is 0.00177. The molecule has 1 fully saturated rings. The summed E-state index contributed by atoms with van der Waals surface area (Å²) in [7, 11) is 0. The second-order valence-electron chi connectivity index (χ2n) is 12.1. The minimum atomic E-state index is -0.642. The molecule has 1 aliphatic heterocycles. The molecular weight excluding hydrogens is 615 g/mol. The molecule has 1 saturated heterocycles. The highest BCUT2D eigenvalue weighted by Gasteiger charge is 2.36. The third kappa shape index (κ3) is 5.56. The molecule has 232 valence electrons. The van der Waals surface area contributed by atoms with E-state index in [2.05, 4.69) is 9.83 Å². The van der Waals surface area contributed by atoms with Crippen molar-refractivity contribution in [3.63, 3.8) is 0 Å². The van der Waals surface area contributed by atoms with Gasteiger partial charge in [-0.1, -0.05) is 29.8 Å². The largest absolute Gasteiger partial charge is 0.444 e. The highest BCUT2D eigenvalue weighted by atomic mass is 35.5. The molecule has 5 aromatic rings. The van der Waals surface area contributed by atoms with Crippen molar-refractivity contribution < 1.29 is 19.0 Å². The fraction of sp³-hybridized carbons (Fsp3) is 0.364. The Morgan fingerprint density at radius 2 is 2.09 bits per heavy atom. The zero-order valence-corrected chi connectivity index (χ0v) is 26.9. The number of ether oxygens (including phenoxy) is 1. The Morgan fingerprint density at radius 3 is 2.80 bits per heavy atom. The molecule has 1 N–H and O–H groups in total. The third-order valence-corrected chi connectivity index (χ3v) is 9.13. The quantitative estimate of drug-likeness (QED) is 0.152.